The van der Waals surface area contributed by atoms with Crippen LogP contribution >= 0.6 is 0 Å². The van der Waals surface area contributed by atoms with Crippen molar-refractivity contribution >= 4 is 5.82 Å². The lowest BCUT2D eigenvalue weighted by Crippen LogP contribution is -2.19. The van der Waals surface area contributed by atoms with E-state index in [1.165, 1.54) is 0 Å². The molecule has 1 atom stereocenters. The summed E-state index contributed by atoms with van der Waals surface area (Å²) in [5.74, 6) is 1.84. The van der Waals surface area contributed by atoms with E-state index in [4.69, 9.17) is 4.74 Å². The molecule has 1 heterocycles. The SMILES string of the molecule is CCC(O)CNc1cc(OC)nc(C)n1. The largest absolute Gasteiger partial charge is 0.481 e. The lowest BCUT2D eigenvalue weighted by atomic mass is 10.3. The van der Waals surface area contributed by atoms with Gasteiger partial charge in [0.05, 0.1) is 13.2 Å². The van der Waals surface area contributed by atoms with Gasteiger partial charge in [0.15, 0.2) is 0 Å². The summed E-state index contributed by atoms with van der Waals surface area (Å²) < 4.78 is 5.02. The van der Waals surface area contributed by atoms with Gasteiger partial charge in [-0.25, -0.2) is 4.98 Å². The Hall–Kier alpha value is -1.36. The van der Waals surface area contributed by atoms with Crippen molar-refractivity contribution in [3.05, 3.63) is 11.9 Å². The van der Waals surface area contributed by atoms with Crippen molar-refractivity contribution in [2.45, 2.75) is 26.4 Å². The topological polar surface area (TPSA) is 67.3 Å². The van der Waals surface area contributed by atoms with Crippen molar-refractivity contribution < 1.29 is 9.84 Å². The van der Waals surface area contributed by atoms with Gasteiger partial charge < -0.3 is 15.2 Å². The molecule has 0 aliphatic heterocycles. The second-order valence-electron chi connectivity index (χ2n) is 3.29. The fourth-order valence-corrected chi connectivity index (χ4v) is 1.10. The average Bonchev–Trinajstić information content (AvgIpc) is 2.25. The van der Waals surface area contributed by atoms with Crippen molar-refractivity contribution in [2.75, 3.05) is 19.0 Å². The minimum atomic E-state index is -0.355. The summed E-state index contributed by atoms with van der Waals surface area (Å²) >= 11 is 0. The molecule has 1 aromatic rings. The molecule has 0 saturated heterocycles. The molecular formula is C10H17N3O2. The highest BCUT2D eigenvalue weighted by molar-refractivity contribution is 5.38. The van der Waals surface area contributed by atoms with Gasteiger partial charge in [0.1, 0.15) is 11.6 Å². The van der Waals surface area contributed by atoms with Crippen LogP contribution in [0, 0.1) is 6.92 Å². The van der Waals surface area contributed by atoms with Crippen LogP contribution in [0.5, 0.6) is 5.88 Å². The van der Waals surface area contributed by atoms with E-state index in [0.29, 0.717) is 30.5 Å². The summed E-state index contributed by atoms with van der Waals surface area (Å²) in [6.07, 6.45) is 0.361. The highest BCUT2D eigenvalue weighted by Crippen LogP contribution is 2.12. The van der Waals surface area contributed by atoms with E-state index in [-0.39, 0.29) is 6.10 Å². The quantitative estimate of drug-likeness (QED) is 0.759. The van der Waals surface area contributed by atoms with E-state index < -0.39 is 0 Å². The Morgan fingerprint density at radius 1 is 1.53 bits per heavy atom. The Bertz CT molecular complexity index is 318. The Morgan fingerprint density at radius 3 is 2.87 bits per heavy atom. The van der Waals surface area contributed by atoms with Crippen LogP contribution in [-0.2, 0) is 0 Å². The maximum atomic E-state index is 9.38. The van der Waals surface area contributed by atoms with Gasteiger partial charge in [-0.05, 0) is 13.3 Å². The van der Waals surface area contributed by atoms with Crippen LogP contribution in [0.1, 0.15) is 19.2 Å². The number of nitrogens with zero attached hydrogens (tertiary/aromatic N) is 2. The van der Waals surface area contributed by atoms with Crippen LogP contribution in [0.2, 0.25) is 0 Å². The summed E-state index contributed by atoms with van der Waals surface area (Å²) in [5.41, 5.74) is 0. The van der Waals surface area contributed by atoms with Crippen molar-refractivity contribution in [3.63, 3.8) is 0 Å². The van der Waals surface area contributed by atoms with E-state index in [2.05, 4.69) is 15.3 Å². The van der Waals surface area contributed by atoms with Crippen molar-refractivity contribution in [1.29, 1.82) is 0 Å². The van der Waals surface area contributed by atoms with E-state index in [1.807, 2.05) is 6.92 Å². The molecule has 1 rings (SSSR count). The molecule has 0 aromatic carbocycles. The Labute approximate surface area is 89.5 Å². The van der Waals surface area contributed by atoms with Gasteiger partial charge in [-0.1, -0.05) is 6.92 Å². The molecule has 2 N–H and O–H groups in total. The predicted molar refractivity (Wildman–Crippen MR) is 58.1 cm³/mol. The molecule has 1 aromatic heterocycles. The zero-order valence-corrected chi connectivity index (χ0v) is 9.32. The Balaban J connectivity index is 2.64. The van der Waals surface area contributed by atoms with E-state index in [1.54, 1.807) is 20.1 Å². The third-order valence-electron chi connectivity index (χ3n) is 2.01. The maximum absolute atomic E-state index is 9.38. The van der Waals surface area contributed by atoms with Gasteiger partial charge >= 0.3 is 0 Å². The van der Waals surface area contributed by atoms with Gasteiger partial charge in [0.25, 0.3) is 0 Å². The number of nitrogens with one attached hydrogen (secondary N) is 1. The van der Waals surface area contributed by atoms with Gasteiger partial charge in [-0.2, -0.15) is 4.98 Å². The lowest BCUT2D eigenvalue weighted by molar-refractivity contribution is 0.183. The molecule has 0 saturated carbocycles. The third kappa shape index (κ3) is 3.71. The Kier molecular flexibility index (Phi) is 4.30. The normalized spacial score (nSPS) is 12.3. The van der Waals surface area contributed by atoms with E-state index in [0.717, 1.165) is 0 Å². The molecule has 0 spiro atoms. The van der Waals surface area contributed by atoms with Crippen LogP contribution in [0.4, 0.5) is 5.82 Å². The minimum Gasteiger partial charge on any atom is -0.481 e. The maximum Gasteiger partial charge on any atom is 0.218 e. The van der Waals surface area contributed by atoms with Crippen LogP contribution in [0.25, 0.3) is 0 Å². The first-order chi connectivity index (χ1) is 7.15. The number of aliphatic hydroxyl groups excluding tert-OH is 1. The lowest BCUT2D eigenvalue weighted by Gasteiger charge is -2.10. The second-order valence-corrected chi connectivity index (χ2v) is 3.29. The highest BCUT2D eigenvalue weighted by Gasteiger charge is 2.04. The zero-order valence-electron chi connectivity index (χ0n) is 9.32. The van der Waals surface area contributed by atoms with Crippen LogP contribution in [0.15, 0.2) is 6.07 Å². The van der Waals surface area contributed by atoms with Crippen molar-refractivity contribution in [3.8, 4) is 5.88 Å². The molecule has 0 fully saturated rings. The summed E-state index contributed by atoms with van der Waals surface area (Å²) in [6.45, 7) is 4.21. The van der Waals surface area contributed by atoms with Gasteiger partial charge in [0, 0.05) is 12.6 Å². The molecule has 1 unspecified atom stereocenters. The number of rotatable bonds is 5. The highest BCUT2D eigenvalue weighted by atomic mass is 16.5. The monoisotopic (exact) mass is 211 g/mol. The van der Waals surface area contributed by atoms with Crippen LogP contribution in [0.3, 0.4) is 0 Å². The predicted octanol–water partition coefficient (Wildman–Crippen LogP) is 0.976. The zero-order chi connectivity index (χ0) is 11.3. The third-order valence-corrected chi connectivity index (χ3v) is 2.01. The Morgan fingerprint density at radius 2 is 2.27 bits per heavy atom. The standard InChI is InChI=1S/C10H17N3O2/c1-4-8(14)6-11-9-5-10(15-3)13-7(2)12-9/h5,8,14H,4,6H2,1-3H3,(H,11,12,13). The molecule has 0 amide bonds. The van der Waals surface area contributed by atoms with Crippen molar-refractivity contribution in [2.24, 2.45) is 0 Å². The average molecular weight is 211 g/mol. The molecule has 0 bridgehead atoms. The number of aliphatic hydroxyl groups is 1. The van der Waals surface area contributed by atoms with Gasteiger partial charge in [0.2, 0.25) is 5.88 Å². The second kappa shape index (κ2) is 5.50. The number of methoxy groups -OCH3 is 1. The smallest absolute Gasteiger partial charge is 0.218 e. The fraction of sp³-hybridized carbons (Fsp3) is 0.600. The first-order valence-electron chi connectivity index (χ1n) is 4.97. The first-order valence-corrected chi connectivity index (χ1v) is 4.97. The summed E-state index contributed by atoms with van der Waals surface area (Å²) in [7, 11) is 1.56. The number of hydrogen-bond acceptors (Lipinski definition) is 5. The molecule has 15 heavy (non-hydrogen) atoms. The summed E-state index contributed by atoms with van der Waals surface area (Å²) in [4.78, 5) is 8.24. The summed E-state index contributed by atoms with van der Waals surface area (Å²) in [5, 5.41) is 12.4. The number of hydrogen-bond donors (Lipinski definition) is 2. The minimum absolute atomic E-state index is 0.355. The number of ether oxygens (including phenoxy) is 1. The van der Waals surface area contributed by atoms with Crippen molar-refractivity contribution in [1.82, 2.24) is 9.97 Å². The summed E-state index contributed by atoms with van der Waals surface area (Å²) in [6, 6.07) is 1.70. The molecule has 5 nitrogen and oxygen atoms in total. The van der Waals surface area contributed by atoms with Gasteiger partial charge in [-0.3, -0.25) is 0 Å². The van der Waals surface area contributed by atoms with Crippen LogP contribution in [-0.4, -0.2) is 34.8 Å². The fourth-order valence-electron chi connectivity index (χ4n) is 1.10. The number of aromatic nitrogens is 2. The van der Waals surface area contributed by atoms with E-state index >= 15 is 0 Å². The molecule has 0 aliphatic carbocycles. The molecule has 84 valence electrons. The van der Waals surface area contributed by atoms with Gasteiger partial charge in [-0.15, -0.1) is 0 Å². The molecule has 5 heteroatoms. The molecule has 0 radical (unpaired) electrons. The molecular weight excluding hydrogens is 194 g/mol. The van der Waals surface area contributed by atoms with Crippen LogP contribution < -0.4 is 10.1 Å². The van der Waals surface area contributed by atoms with E-state index in [9.17, 15) is 5.11 Å². The number of aryl methyl sites for hydroxylation is 1. The molecule has 0 aliphatic rings. The number of anilines is 1. The first kappa shape index (κ1) is 11.7.